The van der Waals surface area contributed by atoms with E-state index < -0.39 is 0 Å². The highest BCUT2D eigenvalue weighted by Gasteiger charge is 2.23. The zero-order valence-electron chi connectivity index (χ0n) is 6.67. The highest BCUT2D eigenvalue weighted by molar-refractivity contribution is 4.70. The summed E-state index contributed by atoms with van der Waals surface area (Å²) in [6, 6.07) is 0. The molecule has 0 aromatic heterocycles. The van der Waals surface area contributed by atoms with E-state index in [2.05, 4.69) is 13.8 Å². The third-order valence-corrected chi connectivity index (χ3v) is 1.75. The van der Waals surface area contributed by atoms with Gasteiger partial charge in [0.15, 0.2) is 0 Å². The molecule has 1 aliphatic rings. The van der Waals surface area contributed by atoms with Crippen LogP contribution in [0.4, 0.5) is 0 Å². The maximum atomic E-state index is 5.44. The van der Waals surface area contributed by atoms with Gasteiger partial charge in [0.25, 0.3) is 0 Å². The summed E-state index contributed by atoms with van der Waals surface area (Å²) in [7, 11) is 0. The van der Waals surface area contributed by atoms with Crippen LogP contribution in [-0.4, -0.2) is 25.4 Å². The van der Waals surface area contributed by atoms with Crippen LogP contribution in [0.3, 0.4) is 0 Å². The van der Waals surface area contributed by atoms with E-state index in [0.29, 0.717) is 12.0 Å². The summed E-state index contributed by atoms with van der Waals surface area (Å²) in [5.74, 6) is 0.360. The molecule has 3 unspecified atom stereocenters. The second-order valence-corrected chi connectivity index (χ2v) is 2.97. The van der Waals surface area contributed by atoms with Gasteiger partial charge in [-0.05, 0) is 19.8 Å². The molecule has 10 heavy (non-hydrogen) atoms. The summed E-state index contributed by atoms with van der Waals surface area (Å²) >= 11 is 0. The minimum Gasteiger partial charge on any atom is -0.375 e. The number of hydrogen-bond acceptors (Lipinski definition) is 2. The van der Waals surface area contributed by atoms with Gasteiger partial charge >= 0.3 is 0 Å². The van der Waals surface area contributed by atoms with E-state index in [1.54, 1.807) is 0 Å². The van der Waals surface area contributed by atoms with Crippen molar-refractivity contribution in [1.82, 2.24) is 0 Å². The minimum atomic E-state index is 0.254. The largest absolute Gasteiger partial charge is 0.375 e. The van der Waals surface area contributed by atoms with Gasteiger partial charge in [0.1, 0.15) is 6.10 Å². The van der Waals surface area contributed by atoms with Crippen molar-refractivity contribution in [3.05, 3.63) is 6.92 Å². The molecule has 3 atom stereocenters. The van der Waals surface area contributed by atoms with Gasteiger partial charge in [-0.15, -0.1) is 0 Å². The molecule has 1 heterocycles. The molecule has 0 amide bonds. The van der Waals surface area contributed by atoms with Gasteiger partial charge in [0, 0.05) is 0 Å². The van der Waals surface area contributed by atoms with Crippen LogP contribution in [0.15, 0.2) is 0 Å². The molecule has 1 rings (SSSR count). The molecule has 1 saturated heterocycles. The monoisotopic (exact) mass is 143 g/mol. The second-order valence-electron chi connectivity index (χ2n) is 2.97. The van der Waals surface area contributed by atoms with Gasteiger partial charge in [0.05, 0.1) is 19.3 Å². The van der Waals surface area contributed by atoms with E-state index in [1.807, 2.05) is 6.92 Å². The molecule has 0 aliphatic carbocycles. The fourth-order valence-corrected chi connectivity index (χ4v) is 0.588. The molecule has 1 fully saturated rings. The normalized spacial score (nSPS) is 27.0. The quantitative estimate of drug-likeness (QED) is 0.553. The first-order valence-corrected chi connectivity index (χ1v) is 3.76. The Hall–Kier alpha value is -0.0800. The number of ether oxygens (including phenoxy) is 2. The van der Waals surface area contributed by atoms with Crippen molar-refractivity contribution < 1.29 is 9.47 Å². The van der Waals surface area contributed by atoms with Crippen LogP contribution in [0.25, 0.3) is 0 Å². The summed E-state index contributed by atoms with van der Waals surface area (Å²) in [5, 5.41) is 0. The Kier molecular flexibility index (Phi) is 2.69. The van der Waals surface area contributed by atoms with Gasteiger partial charge in [-0.25, -0.2) is 0 Å². The molecular weight excluding hydrogens is 128 g/mol. The fourth-order valence-electron chi connectivity index (χ4n) is 0.588. The molecular formula is C8H15O2. The van der Waals surface area contributed by atoms with Crippen LogP contribution in [0.1, 0.15) is 13.8 Å². The Balaban J connectivity index is 1.99. The first-order chi connectivity index (χ1) is 4.70. The molecule has 1 aliphatic heterocycles. The lowest BCUT2D eigenvalue weighted by Gasteiger charge is -2.15. The Bertz CT molecular complexity index is 97.4. The third-order valence-electron chi connectivity index (χ3n) is 1.75. The van der Waals surface area contributed by atoms with Gasteiger partial charge in [-0.3, -0.25) is 0 Å². The van der Waals surface area contributed by atoms with E-state index >= 15 is 0 Å². The van der Waals surface area contributed by atoms with Crippen LogP contribution in [-0.2, 0) is 9.47 Å². The number of epoxide rings is 1. The van der Waals surface area contributed by atoms with Gasteiger partial charge < -0.3 is 9.47 Å². The summed E-state index contributed by atoms with van der Waals surface area (Å²) < 4.78 is 10.4. The van der Waals surface area contributed by atoms with Crippen molar-refractivity contribution in [3.63, 3.8) is 0 Å². The van der Waals surface area contributed by atoms with E-state index in [0.717, 1.165) is 13.2 Å². The zero-order chi connectivity index (χ0) is 7.56. The molecule has 2 heteroatoms. The first-order valence-electron chi connectivity index (χ1n) is 3.76. The van der Waals surface area contributed by atoms with Gasteiger partial charge in [0.2, 0.25) is 0 Å². The van der Waals surface area contributed by atoms with Crippen molar-refractivity contribution in [3.8, 4) is 0 Å². The van der Waals surface area contributed by atoms with E-state index in [1.165, 1.54) is 0 Å². The van der Waals surface area contributed by atoms with Crippen LogP contribution < -0.4 is 0 Å². The van der Waals surface area contributed by atoms with Crippen LogP contribution in [0, 0.1) is 12.8 Å². The van der Waals surface area contributed by atoms with Crippen molar-refractivity contribution >= 4 is 0 Å². The molecule has 0 aromatic rings. The Morgan fingerprint density at radius 1 is 1.70 bits per heavy atom. The van der Waals surface area contributed by atoms with E-state index in [9.17, 15) is 0 Å². The first kappa shape index (κ1) is 8.02. The molecule has 59 valence electrons. The number of rotatable bonds is 4. The Morgan fingerprint density at radius 3 is 2.70 bits per heavy atom. The third kappa shape index (κ3) is 2.67. The van der Waals surface area contributed by atoms with Gasteiger partial charge in [-0.1, -0.05) is 6.92 Å². The highest BCUT2D eigenvalue weighted by atomic mass is 16.6. The molecule has 0 aromatic carbocycles. The lowest BCUT2D eigenvalue weighted by Crippen LogP contribution is -2.18. The van der Waals surface area contributed by atoms with Crippen molar-refractivity contribution in [1.29, 1.82) is 0 Å². The second kappa shape index (κ2) is 3.35. The number of hydrogen-bond donors (Lipinski definition) is 0. The predicted molar refractivity (Wildman–Crippen MR) is 39.7 cm³/mol. The topological polar surface area (TPSA) is 21.8 Å². The van der Waals surface area contributed by atoms with Crippen LogP contribution in [0.5, 0.6) is 0 Å². The molecule has 0 bridgehead atoms. The summed E-state index contributed by atoms with van der Waals surface area (Å²) in [6.07, 6.45) is 0.630. The molecule has 1 radical (unpaired) electrons. The maximum absolute atomic E-state index is 5.44. The Morgan fingerprint density at radius 2 is 2.30 bits per heavy atom. The zero-order valence-corrected chi connectivity index (χ0v) is 6.67. The lowest BCUT2D eigenvalue weighted by atomic mass is 10.1. The van der Waals surface area contributed by atoms with E-state index in [-0.39, 0.29) is 6.10 Å². The minimum absolute atomic E-state index is 0.254. The molecule has 0 N–H and O–H groups in total. The summed E-state index contributed by atoms with van der Waals surface area (Å²) in [4.78, 5) is 0. The average Bonchev–Trinajstić information content (AvgIpc) is 2.64. The van der Waals surface area contributed by atoms with Crippen molar-refractivity contribution in [2.45, 2.75) is 26.1 Å². The van der Waals surface area contributed by atoms with Crippen LogP contribution in [0.2, 0.25) is 0 Å². The summed E-state index contributed by atoms with van der Waals surface area (Å²) in [6.45, 7) is 9.58. The van der Waals surface area contributed by atoms with Gasteiger partial charge in [-0.2, -0.15) is 0 Å². The molecule has 0 saturated carbocycles. The van der Waals surface area contributed by atoms with Crippen molar-refractivity contribution in [2.24, 2.45) is 5.92 Å². The predicted octanol–water partition coefficient (Wildman–Crippen LogP) is 1.26. The maximum Gasteiger partial charge on any atom is 0.104 e. The summed E-state index contributed by atoms with van der Waals surface area (Å²) in [5.41, 5.74) is 0. The highest BCUT2D eigenvalue weighted by Crippen LogP contribution is 2.12. The fraction of sp³-hybridized carbons (Fsp3) is 0.875. The van der Waals surface area contributed by atoms with E-state index in [4.69, 9.17) is 9.47 Å². The van der Waals surface area contributed by atoms with Crippen molar-refractivity contribution in [2.75, 3.05) is 13.2 Å². The van der Waals surface area contributed by atoms with Crippen LogP contribution >= 0.6 is 0 Å². The SMILES string of the molecule is [CH2]C(C)C(C)OCC1CO1. The molecule has 0 spiro atoms. The Labute approximate surface area is 62.5 Å². The molecule has 2 nitrogen and oxygen atoms in total. The average molecular weight is 143 g/mol. The smallest absolute Gasteiger partial charge is 0.104 e. The lowest BCUT2D eigenvalue weighted by molar-refractivity contribution is 0.0326. The standard InChI is InChI=1S/C8H15O2/c1-6(2)7(3)9-4-8-5-10-8/h6-8H,1,4-5H2,2-3H3.